The van der Waals surface area contributed by atoms with Gasteiger partial charge in [-0.25, -0.2) is 4.79 Å². The Balaban J connectivity index is 1.44. The lowest BCUT2D eigenvalue weighted by Gasteiger charge is -2.22. The van der Waals surface area contributed by atoms with Gasteiger partial charge >= 0.3 is 11.9 Å². The van der Waals surface area contributed by atoms with Crippen molar-refractivity contribution in [1.82, 2.24) is 0 Å². The normalized spacial score (nSPS) is 22.0. The van der Waals surface area contributed by atoms with E-state index in [1.54, 1.807) is 12.1 Å². The van der Waals surface area contributed by atoms with Crippen molar-refractivity contribution >= 4 is 51.4 Å². The quantitative estimate of drug-likeness (QED) is 0.154. The zero-order valence-electron chi connectivity index (χ0n) is 16.6. The number of halogens is 1. The first-order valence-electron chi connectivity index (χ1n) is 10.0. The van der Waals surface area contributed by atoms with Gasteiger partial charge < -0.3 is 4.74 Å². The van der Waals surface area contributed by atoms with Crippen LogP contribution in [-0.2, 0) is 14.3 Å². The van der Waals surface area contributed by atoms with Crippen LogP contribution >= 0.6 is 27.7 Å². The minimum Gasteiger partial charge on any atom is -0.389 e. The highest BCUT2D eigenvalue weighted by Crippen LogP contribution is 2.54. The Kier molecular flexibility index (Phi) is 6.29. The number of ether oxygens (including phenoxy) is 1. The molecule has 0 aromatic heterocycles. The third-order valence-electron chi connectivity index (χ3n) is 6.00. The highest BCUT2D eigenvalue weighted by atomic mass is 79.9. The number of nitrogens with zero attached hydrogens (tertiary/aromatic N) is 1. The van der Waals surface area contributed by atoms with Gasteiger partial charge in [-0.2, -0.15) is 0 Å². The first-order valence-corrected chi connectivity index (χ1v) is 11.6. The molecule has 2 saturated carbocycles. The van der Waals surface area contributed by atoms with Crippen LogP contribution in [-0.4, -0.2) is 16.9 Å². The number of hydrogen-bond acceptors (Lipinski definition) is 6. The minimum absolute atomic E-state index is 0.0543. The van der Waals surface area contributed by atoms with Crippen LogP contribution in [0.4, 0.5) is 5.69 Å². The van der Waals surface area contributed by atoms with Crippen molar-refractivity contribution < 1.29 is 19.2 Å². The van der Waals surface area contributed by atoms with E-state index in [9.17, 15) is 19.7 Å². The molecule has 0 heterocycles. The third kappa shape index (κ3) is 4.91. The van der Waals surface area contributed by atoms with Gasteiger partial charge in [-0.1, -0.05) is 33.8 Å². The van der Waals surface area contributed by atoms with Crippen molar-refractivity contribution in [1.29, 1.82) is 0 Å². The second kappa shape index (κ2) is 8.96. The molecule has 0 unspecified atom stereocenters. The molecule has 0 aliphatic heterocycles. The molecular weight excluding hydrogens is 482 g/mol. The molecule has 6 nitrogen and oxygen atoms in total. The molecule has 0 radical (unpaired) electrons. The molecule has 0 saturated heterocycles. The van der Waals surface area contributed by atoms with Crippen molar-refractivity contribution in [3.8, 4) is 0 Å². The van der Waals surface area contributed by atoms with Crippen LogP contribution in [0.5, 0.6) is 0 Å². The van der Waals surface area contributed by atoms with Crippen molar-refractivity contribution in [2.45, 2.75) is 41.9 Å². The van der Waals surface area contributed by atoms with Crippen LogP contribution < -0.4 is 0 Å². The summed E-state index contributed by atoms with van der Waals surface area (Å²) in [6, 6.07) is 12.2. The monoisotopic (exact) mass is 501 g/mol. The number of benzene rings is 2. The molecule has 31 heavy (non-hydrogen) atoms. The van der Waals surface area contributed by atoms with Crippen molar-refractivity contribution in [3.05, 3.63) is 68.7 Å². The Hall–Kier alpha value is -2.45. The Morgan fingerprint density at radius 3 is 2.48 bits per heavy atom. The summed E-state index contributed by atoms with van der Waals surface area (Å²) in [6.45, 7) is 0. The molecule has 2 aromatic rings. The van der Waals surface area contributed by atoms with Gasteiger partial charge in [0.25, 0.3) is 5.69 Å². The van der Waals surface area contributed by atoms with Gasteiger partial charge in [-0.3, -0.25) is 14.9 Å². The predicted molar refractivity (Wildman–Crippen MR) is 121 cm³/mol. The van der Waals surface area contributed by atoms with Gasteiger partial charge in [-0.05, 0) is 80.0 Å². The predicted octanol–water partition coefficient (Wildman–Crippen LogP) is 6.17. The number of carbonyl (C=O) groups is 2. The van der Waals surface area contributed by atoms with Gasteiger partial charge in [0.15, 0.2) is 0 Å². The van der Waals surface area contributed by atoms with Gasteiger partial charge in [0.1, 0.15) is 0 Å². The van der Waals surface area contributed by atoms with E-state index in [0.29, 0.717) is 16.4 Å². The molecular formula is C23H20BrNO5S. The maximum absolute atomic E-state index is 12.5. The SMILES string of the molecule is O=C(C=Cc1ccc(Sc2ccc(Br)cc2)c([N+](=O)[O-])c1)OC(=O)C12CCC(CC1)C2. The summed E-state index contributed by atoms with van der Waals surface area (Å²) in [5.41, 5.74) is -0.0589. The van der Waals surface area contributed by atoms with Gasteiger partial charge in [0, 0.05) is 21.5 Å². The molecule has 160 valence electrons. The summed E-state index contributed by atoms with van der Waals surface area (Å²) in [5, 5.41) is 11.5. The molecule has 0 N–H and O–H groups in total. The van der Waals surface area contributed by atoms with E-state index < -0.39 is 22.3 Å². The van der Waals surface area contributed by atoms with Gasteiger partial charge in [0.05, 0.1) is 15.2 Å². The first-order chi connectivity index (χ1) is 14.8. The first kappa shape index (κ1) is 21.8. The summed E-state index contributed by atoms with van der Waals surface area (Å²) in [6.07, 6.45) is 7.01. The number of nitro groups is 1. The maximum Gasteiger partial charge on any atom is 0.338 e. The summed E-state index contributed by atoms with van der Waals surface area (Å²) in [4.78, 5) is 37.1. The standard InChI is InChI=1S/C23H20BrNO5S/c24-17-3-5-18(6-4-17)31-20-7-1-15(13-19(20)25(28)29)2-8-21(26)30-22(27)23-11-9-16(14-23)10-12-23/h1-8,13,16H,9-12,14H2. The smallest absolute Gasteiger partial charge is 0.338 e. The zero-order chi connectivity index (χ0) is 22.0. The molecule has 4 rings (SSSR count). The van der Waals surface area contributed by atoms with Crippen LogP contribution in [0.3, 0.4) is 0 Å². The summed E-state index contributed by atoms with van der Waals surface area (Å²) >= 11 is 4.66. The van der Waals surface area contributed by atoms with Crippen molar-refractivity contribution in [3.63, 3.8) is 0 Å². The van der Waals surface area contributed by atoms with Crippen LogP contribution in [0.25, 0.3) is 6.08 Å². The summed E-state index contributed by atoms with van der Waals surface area (Å²) < 4.78 is 5.99. The molecule has 0 atom stereocenters. The largest absolute Gasteiger partial charge is 0.389 e. The molecule has 2 aromatic carbocycles. The maximum atomic E-state index is 12.5. The van der Waals surface area contributed by atoms with E-state index in [4.69, 9.17) is 4.74 Å². The van der Waals surface area contributed by atoms with E-state index in [0.717, 1.165) is 47.5 Å². The number of hydrogen-bond donors (Lipinski definition) is 0. The lowest BCUT2D eigenvalue weighted by atomic mass is 9.84. The van der Waals surface area contributed by atoms with Crippen LogP contribution in [0.1, 0.15) is 37.7 Å². The lowest BCUT2D eigenvalue weighted by Crippen LogP contribution is -2.30. The van der Waals surface area contributed by atoms with Crippen LogP contribution in [0, 0.1) is 21.4 Å². The second-order valence-electron chi connectivity index (χ2n) is 8.01. The van der Waals surface area contributed by atoms with E-state index in [-0.39, 0.29) is 5.69 Å². The molecule has 2 aliphatic rings. The van der Waals surface area contributed by atoms with Crippen LogP contribution in [0.15, 0.2) is 62.8 Å². The molecule has 0 amide bonds. The second-order valence-corrected chi connectivity index (χ2v) is 10.0. The Bertz CT molecular complexity index is 1060. The number of esters is 2. The average molecular weight is 502 g/mol. The number of rotatable bonds is 6. The molecule has 2 aliphatic carbocycles. The molecule has 2 bridgehead atoms. The molecule has 8 heteroatoms. The van der Waals surface area contributed by atoms with Gasteiger partial charge in [-0.15, -0.1) is 0 Å². The topological polar surface area (TPSA) is 86.5 Å². The molecule has 0 spiro atoms. The zero-order valence-corrected chi connectivity index (χ0v) is 19.0. The van der Waals surface area contributed by atoms with Crippen LogP contribution in [0.2, 0.25) is 0 Å². The van der Waals surface area contributed by atoms with Gasteiger partial charge in [0.2, 0.25) is 0 Å². The lowest BCUT2D eigenvalue weighted by molar-refractivity contribution is -0.387. The fourth-order valence-electron chi connectivity index (χ4n) is 4.37. The molecule has 2 fully saturated rings. The summed E-state index contributed by atoms with van der Waals surface area (Å²) in [5.74, 6) is -0.604. The average Bonchev–Trinajstić information content (AvgIpc) is 3.37. The Morgan fingerprint density at radius 1 is 1.16 bits per heavy atom. The van der Waals surface area contributed by atoms with E-state index in [1.165, 1.54) is 23.9 Å². The number of carbonyl (C=O) groups excluding carboxylic acids is 2. The third-order valence-corrected chi connectivity index (χ3v) is 7.60. The minimum atomic E-state index is -0.745. The summed E-state index contributed by atoms with van der Waals surface area (Å²) in [7, 11) is 0. The van der Waals surface area contributed by atoms with Crippen molar-refractivity contribution in [2.75, 3.05) is 0 Å². The van der Waals surface area contributed by atoms with E-state index in [2.05, 4.69) is 15.9 Å². The Morgan fingerprint density at radius 2 is 1.87 bits per heavy atom. The van der Waals surface area contributed by atoms with Crippen molar-refractivity contribution in [2.24, 2.45) is 11.3 Å². The highest BCUT2D eigenvalue weighted by Gasteiger charge is 2.51. The fraction of sp³-hybridized carbons (Fsp3) is 0.304. The highest BCUT2D eigenvalue weighted by molar-refractivity contribution is 9.10. The fourth-order valence-corrected chi connectivity index (χ4v) is 5.54. The Labute approximate surface area is 192 Å². The van der Waals surface area contributed by atoms with E-state index in [1.807, 2.05) is 24.3 Å². The van der Waals surface area contributed by atoms with E-state index >= 15 is 0 Å². The number of nitro benzene ring substituents is 1. The number of fused-ring (bicyclic) bond motifs is 2.